The predicted octanol–water partition coefficient (Wildman–Crippen LogP) is 2.34. The summed E-state index contributed by atoms with van der Waals surface area (Å²) in [7, 11) is -2.04. The third-order valence-corrected chi connectivity index (χ3v) is 6.38. The predicted molar refractivity (Wildman–Crippen MR) is 113 cm³/mol. The van der Waals surface area contributed by atoms with Crippen LogP contribution in [0.15, 0.2) is 47.6 Å². The number of aryl methyl sites for hydroxylation is 1. The van der Waals surface area contributed by atoms with E-state index in [1.807, 2.05) is 12.3 Å². The smallest absolute Gasteiger partial charge is 0.240 e. The van der Waals surface area contributed by atoms with Crippen molar-refractivity contribution in [3.63, 3.8) is 0 Å². The van der Waals surface area contributed by atoms with E-state index >= 15 is 0 Å². The van der Waals surface area contributed by atoms with E-state index in [4.69, 9.17) is 4.74 Å². The Bertz CT molecular complexity index is 1110. The zero-order valence-electron chi connectivity index (χ0n) is 16.7. The number of fused-ring (bicyclic) bond motifs is 1. The molecule has 30 heavy (non-hydrogen) atoms. The maximum atomic E-state index is 12.3. The van der Waals surface area contributed by atoms with Gasteiger partial charge in [0.25, 0.3) is 0 Å². The highest BCUT2D eigenvalue weighted by atomic mass is 32.2. The van der Waals surface area contributed by atoms with E-state index in [2.05, 4.69) is 29.6 Å². The van der Waals surface area contributed by atoms with E-state index < -0.39 is 10.0 Å². The number of ether oxygens (including phenoxy) is 1. The minimum atomic E-state index is -3.57. The molecule has 0 unspecified atom stereocenters. The summed E-state index contributed by atoms with van der Waals surface area (Å²) in [6.07, 6.45) is 6.86. The van der Waals surface area contributed by atoms with Crippen molar-refractivity contribution in [3.05, 3.63) is 48.5 Å². The number of anilines is 2. The molecule has 1 aromatic carbocycles. The topological polar surface area (TPSA) is 111 Å². The van der Waals surface area contributed by atoms with E-state index in [0.717, 1.165) is 36.6 Å². The Kier molecular flexibility index (Phi) is 6.07. The Balaban J connectivity index is 1.49. The molecule has 4 rings (SSSR count). The summed E-state index contributed by atoms with van der Waals surface area (Å²) < 4.78 is 34.1. The first kappa shape index (κ1) is 20.5. The molecule has 158 valence electrons. The molecule has 10 heteroatoms. The van der Waals surface area contributed by atoms with Crippen LogP contribution in [-0.2, 0) is 27.7 Å². The Morgan fingerprint density at radius 2 is 1.97 bits per heavy atom. The summed E-state index contributed by atoms with van der Waals surface area (Å²) in [6.45, 7) is 1.48. The normalized spacial score (nSPS) is 13.8. The van der Waals surface area contributed by atoms with Gasteiger partial charge in [0.1, 0.15) is 5.82 Å². The average Bonchev–Trinajstić information content (AvgIpc) is 3.19. The number of hydrogen-bond donors (Lipinski definition) is 2. The summed E-state index contributed by atoms with van der Waals surface area (Å²) in [6, 6.07) is 8.30. The van der Waals surface area contributed by atoms with Crippen molar-refractivity contribution in [1.82, 2.24) is 24.2 Å². The molecule has 0 fully saturated rings. The van der Waals surface area contributed by atoms with Crippen molar-refractivity contribution >= 4 is 21.7 Å². The molecule has 2 N–H and O–H groups in total. The van der Waals surface area contributed by atoms with Crippen LogP contribution in [0, 0.1) is 0 Å². The molecule has 1 aliphatic rings. The van der Waals surface area contributed by atoms with Gasteiger partial charge in [-0.3, -0.25) is 0 Å². The van der Waals surface area contributed by atoms with Gasteiger partial charge in [-0.1, -0.05) is 0 Å². The second-order valence-corrected chi connectivity index (χ2v) is 8.74. The number of methoxy groups -OCH3 is 1. The molecule has 0 saturated heterocycles. The Morgan fingerprint density at radius 1 is 1.13 bits per heavy atom. The Labute approximate surface area is 175 Å². The molecule has 0 radical (unpaired) electrons. The van der Waals surface area contributed by atoms with Crippen LogP contribution >= 0.6 is 0 Å². The van der Waals surface area contributed by atoms with Gasteiger partial charge in [-0.25, -0.2) is 28.1 Å². The largest absolute Gasteiger partial charge is 0.383 e. The van der Waals surface area contributed by atoms with E-state index in [-0.39, 0.29) is 11.4 Å². The molecule has 0 amide bonds. The minimum absolute atomic E-state index is 0.185. The third kappa shape index (κ3) is 4.50. The van der Waals surface area contributed by atoms with Crippen molar-refractivity contribution < 1.29 is 13.2 Å². The number of nitrogens with one attached hydrogen (secondary N) is 2. The molecule has 3 aromatic rings. The SMILES string of the molecule is COCCNS(=O)(=O)c1ccc(Nc2nccc(-c3cnc4n3CCCC4)n2)cc1. The molecule has 1 aliphatic heterocycles. The summed E-state index contributed by atoms with van der Waals surface area (Å²) in [5, 5.41) is 3.13. The van der Waals surface area contributed by atoms with E-state index in [9.17, 15) is 8.42 Å². The van der Waals surface area contributed by atoms with Crippen LogP contribution in [-0.4, -0.2) is 48.2 Å². The lowest BCUT2D eigenvalue weighted by atomic mass is 10.1. The first-order chi connectivity index (χ1) is 14.6. The number of benzene rings is 1. The standard InChI is InChI=1S/C20H24N6O3S/c1-29-13-11-23-30(27,28)16-7-5-15(6-8-16)24-20-21-10-9-17(25-20)18-14-22-19-4-2-3-12-26(18)19/h5-10,14,23H,2-4,11-13H2,1H3,(H,21,24,25). The second kappa shape index (κ2) is 8.90. The highest BCUT2D eigenvalue weighted by molar-refractivity contribution is 7.89. The van der Waals surface area contributed by atoms with Gasteiger partial charge in [-0.05, 0) is 43.2 Å². The number of hydrogen-bond acceptors (Lipinski definition) is 7. The monoisotopic (exact) mass is 428 g/mol. The van der Waals surface area contributed by atoms with Crippen LogP contribution in [0.2, 0.25) is 0 Å². The Morgan fingerprint density at radius 3 is 2.77 bits per heavy atom. The fourth-order valence-corrected chi connectivity index (χ4v) is 4.40. The number of rotatable bonds is 8. The molecule has 2 aromatic heterocycles. The van der Waals surface area contributed by atoms with E-state index in [1.165, 1.54) is 25.7 Å². The average molecular weight is 429 g/mol. The summed E-state index contributed by atoms with van der Waals surface area (Å²) in [4.78, 5) is 13.6. The first-order valence-electron chi connectivity index (χ1n) is 9.80. The highest BCUT2D eigenvalue weighted by Crippen LogP contribution is 2.25. The molecule has 9 nitrogen and oxygen atoms in total. The van der Waals surface area contributed by atoms with Gasteiger partial charge >= 0.3 is 0 Å². The molecule has 0 bridgehead atoms. The molecular weight excluding hydrogens is 404 g/mol. The third-order valence-electron chi connectivity index (χ3n) is 4.91. The van der Waals surface area contributed by atoms with Crippen LogP contribution in [0.4, 0.5) is 11.6 Å². The zero-order chi connectivity index (χ0) is 21.0. The molecular formula is C20H24N6O3S. The summed E-state index contributed by atoms with van der Waals surface area (Å²) in [5.74, 6) is 1.54. The van der Waals surface area contributed by atoms with Gasteiger partial charge in [0, 0.05) is 38.5 Å². The van der Waals surface area contributed by atoms with Crippen LogP contribution in [0.3, 0.4) is 0 Å². The molecule has 0 spiro atoms. The van der Waals surface area contributed by atoms with Crippen molar-refractivity contribution in [3.8, 4) is 11.4 Å². The van der Waals surface area contributed by atoms with Crippen molar-refractivity contribution in [2.45, 2.75) is 30.7 Å². The second-order valence-electron chi connectivity index (χ2n) is 6.97. The lowest BCUT2D eigenvalue weighted by Crippen LogP contribution is -2.27. The van der Waals surface area contributed by atoms with Crippen molar-refractivity contribution in [2.75, 3.05) is 25.6 Å². The number of nitrogens with zero attached hydrogens (tertiary/aromatic N) is 4. The van der Waals surface area contributed by atoms with E-state index in [0.29, 0.717) is 18.2 Å². The molecule has 3 heterocycles. The number of aromatic nitrogens is 4. The highest BCUT2D eigenvalue weighted by Gasteiger charge is 2.17. The molecule has 0 aliphatic carbocycles. The molecule has 0 atom stereocenters. The van der Waals surface area contributed by atoms with Crippen LogP contribution in [0.5, 0.6) is 0 Å². The van der Waals surface area contributed by atoms with Crippen LogP contribution in [0.25, 0.3) is 11.4 Å². The van der Waals surface area contributed by atoms with Crippen molar-refractivity contribution in [1.29, 1.82) is 0 Å². The lowest BCUT2D eigenvalue weighted by molar-refractivity contribution is 0.204. The van der Waals surface area contributed by atoms with Crippen LogP contribution in [0.1, 0.15) is 18.7 Å². The minimum Gasteiger partial charge on any atom is -0.383 e. The number of imidazole rings is 1. The maximum absolute atomic E-state index is 12.3. The zero-order valence-corrected chi connectivity index (χ0v) is 17.5. The van der Waals surface area contributed by atoms with Gasteiger partial charge in [0.2, 0.25) is 16.0 Å². The lowest BCUT2D eigenvalue weighted by Gasteiger charge is -2.16. The first-order valence-corrected chi connectivity index (χ1v) is 11.3. The van der Waals surface area contributed by atoms with E-state index in [1.54, 1.807) is 18.3 Å². The summed E-state index contributed by atoms with van der Waals surface area (Å²) >= 11 is 0. The fraction of sp³-hybridized carbons (Fsp3) is 0.350. The van der Waals surface area contributed by atoms with Gasteiger partial charge in [0.05, 0.1) is 29.1 Å². The van der Waals surface area contributed by atoms with Gasteiger partial charge in [0.15, 0.2) is 0 Å². The fourth-order valence-electron chi connectivity index (χ4n) is 3.39. The Hall–Kier alpha value is -2.82. The van der Waals surface area contributed by atoms with Gasteiger partial charge in [-0.15, -0.1) is 0 Å². The summed E-state index contributed by atoms with van der Waals surface area (Å²) in [5.41, 5.74) is 2.48. The quantitative estimate of drug-likeness (QED) is 0.530. The van der Waals surface area contributed by atoms with Gasteiger partial charge in [-0.2, -0.15) is 0 Å². The van der Waals surface area contributed by atoms with Gasteiger partial charge < -0.3 is 14.6 Å². The van der Waals surface area contributed by atoms with Crippen LogP contribution < -0.4 is 10.0 Å². The number of sulfonamides is 1. The maximum Gasteiger partial charge on any atom is 0.240 e. The molecule has 0 saturated carbocycles. The van der Waals surface area contributed by atoms with Crippen molar-refractivity contribution in [2.24, 2.45) is 0 Å².